The number of benzene rings is 2. The molecular formula is C17H17F3O2. The van der Waals surface area contributed by atoms with Crippen LogP contribution in [0.4, 0.5) is 13.2 Å². The molecule has 22 heavy (non-hydrogen) atoms. The highest BCUT2D eigenvalue weighted by atomic mass is 19.1. The van der Waals surface area contributed by atoms with Crippen molar-refractivity contribution in [2.75, 3.05) is 6.86 Å². The van der Waals surface area contributed by atoms with Gasteiger partial charge in [0, 0.05) is 0 Å². The number of ether oxygens (including phenoxy) is 2. The van der Waals surface area contributed by atoms with Crippen molar-refractivity contribution in [3.63, 3.8) is 0 Å². The van der Waals surface area contributed by atoms with Crippen LogP contribution in [0.2, 0.25) is 0 Å². The maximum Gasteiger partial charge on any atom is 0.228 e. The Morgan fingerprint density at radius 3 is 2.09 bits per heavy atom. The molecule has 2 rings (SSSR count). The first-order valence-electron chi connectivity index (χ1n) is 7.02. The number of hydrogen-bond donors (Lipinski definition) is 0. The highest BCUT2D eigenvalue weighted by Crippen LogP contribution is 2.24. The van der Waals surface area contributed by atoms with Crippen LogP contribution in [0.25, 0.3) is 0 Å². The fourth-order valence-electron chi connectivity index (χ4n) is 2.10. The summed E-state index contributed by atoms with van der Waals surface area (Å²) in [5.41, 5.74) is 1.51. The molecule has 0 atom stereocenters. The Morgan fingerprint density at radius 1 is 0.909 bits per heavy atom. The van der Waals surface area contributed by atoms with Crippen molar-refractivity contribution in [2.24, 2.45) is 0 Å². The number of aryl methyl sites for hydroxylation is 1. The molecule has 5 heteroatoms. The van der Waals surface area contributed by atoms with Gasteiger partial charge in [-0.15, -0.1) is 0 Å². The number of alkyl halides is 1. The van der Waals surface area contributed by atoms with Crippen molar-refractivity contribution < 1.29 is 22.6 Å². The second-order valence-electron chi connectivity index (χ2n) is 4.82. The lowest BCUT2D eigenvalue weighted by Gasteiger charge is -2.10. The molecule has 0 unspecified atom stereocenters. The molecule has 2 aromatic rings. The third-order valence-electron chi connectivity index (χ3n) is 3.12. The van der Waals surface area contributed by atoms with E-state index in [2.05, 4.69) is 11.7 Å². The van der Waals surface area contributed by atoms with Crippen molar-refractivity contribution >= 4 is 0 Å². The van der Waals surface area contributed by atoms with Gasteiger partial charge in [-0.1, -0.05) is 25.5 Å². The second-order valence-corrected chi connectivity index (χ2v) is 4.82. The van der Waals surface area contributed by atoms with Crippen LogP contribution in [0.3, 0.4) is 0 Å². The van der Waals surface area contributed by atoms with Gasteiger partial charge < -0.3 is 9.47 Å². The summed E-state index contributed by atoms with van der Waals surface area (Å²) in [7, 11) is 0. The minimum absolute atomic E-state index is 0.0108. The third kappa shape index (κ3) is 4.16. The number of hydrogen-bond acceptors (Lipinski definition) is 2. The largest absolute Gasteiger partial charge is 0.489 e. The van der Waals surface area contributed by atoms with Gasteiger partial charge in [-0.25, -0.2) is 13.2 Å². The van der Waals surface area contributed by atoms with E-state index in [1.807, 2.05) is 24.3 Å². The van der Waals surface area contributed by atoms with E-state index in [0.29, 0.717) is 11.3 Å². The Hall–Kier alpha value is -2.17. The number of rotatable bonds is 7. The predicted molar refractivity (Wildman–Crippen MR) is 77.7 cm³/mol. The van der Waals surface area contributed by atoms with Gasteiger partial charge in [-0.05, 0) is 41.8 Å². The molecule has 0 fully saturated rings. The molecule has 0 saturated carbocycles. The van der Waals surface area contributed by atoms with Crippen molar-refractivity contribution in [1.82, 2.24) is 0 Å². The average molecular weight is 310 g/mol. The summed E-state index contributed by atoms with van der Waals surface area (Å²) in [4.78, 5) is 0. The Balaban J connectivity index is 2.02. The topological polar surface area (TPSA) is 18.5 Å². The molecule has 2 nitrogen and oxygen atoms in total. The second kappa shape index (κ2) is 7.73. The minimum atomic E-state index is -1.28. The average Bonchev–Trinajstić information content (AvgIpc) is 2.50. The van der Waals surface area contributed by atoms with Crippen molar-refractivity contribution in [2.45, 2.75) is 26.4 Å². The van der Waals surface area contributed by atoms with Gasteiger partial charge in [0.05, 0.1) is 0 Å². The Labute approximate surface area is 127 Å². The molecule has 0 N–H and O–H groups in total. The van der Waals surface area contributed by atoms with E-state index in [1.165, 1.54) is 5.56 Å². The lowest BCUT2D eigenvalue weighted by Crippen LogP contribution is -2.01. The summed E-state index contributed by atoms with van der Waals surface area (Å²) < 4.78 is 48.9. The van der Waals surface area contributed by atoms with Crippen LogP contribution < -0.4 is 9.47 Å². The molecule has 118 valence electrons. The Bertz CT molecular complexity index is 589. The van der Waals surface area contributed by atoms with E-state index < -0.39 is 24.2 Å². The van der Waals surface area contributed by atoms with Crippen molar-refractivity contribution in [1.29, 1.82) is 0 Å². The van der Waals surface area contributed by atoms with Gasteiger partial charge in [-0.3, -0.25) is 0 Å². The monoisotopic (exact) mass is 310 g/mol. The first-order chi connectivity index (χ1) is 10.6. The van der Waals surface area contributed by atoms with Crippen LogP contribution in [0, 0.1) is 11.6 Å². The summed E-state index contributed by atoms with van der Waals surface area (Å²) in [5, 5.41) is 0. The fraction of sp³-hybridized carbons (Fsp3) is 0.294. The zero-order valence-corrected chi connectivity index (χ0v) is 12.2. The standard InChI is InChI=1S/C17H17F3O2/c1-2-3-12-4-6-14(7-5-12)21-10-13-8-15(19)17(22-11-18)16(20)9-13/h4-9H,2-3,10-11H2,1H3. The molecule has 0 bridgehead atoms. The zero-order valence-electron chi connectivity index (χ0n) is 12.2. The first kappa shape index (κ1) is 16.2. The smallest absolute Gasteiger partial charge is 0.228 e. The molecule has 0 aliphatic carbocycles. The van der Waals surface area contributed by atoms with E-state index in [-0.39, 0.29) is 6.61 Å². The van der Waals surface area contributed by atoms with E-state index in [1.54, 1.807) is 0 Å². The minimum Gasteiger partial charge on any atom is -0.489 e. The Morgan fingerprint density at radius 2 is 1.55 bits per heavy atom. The zero-order chi connectivity index (χ0) is 15.9. The SMILES string of the molecule is CCCc1ccc(OCc2cc(F)c(OCF)c(F)c2)cc1. The maximum absolute atomic E-state index is 13.6. The van der Waals surface area contributed by atoms with Gasteiger partial charge in [0.1, 0.15) is 12.4 Å². The fourth-order valence-corrected chi connectivity index (χ4v) is 2.10. The molecule has 0 aliphatic rings. The van der Waals surface area contributed by atoms with Crippen LogP contribution >= 0.6 is 0 Å². The summed E-state index contributed by atoms with van der Waals surface area (Å²) >= 11 is 0. The highest BCUT2D eigenvalue weighted by molar-refractivity contribution is 5.32. The van der Waals surface area contributed by atoms with Crippen LogP contribution in [0.15, 0.2) is 36.4 Å². The van der Waals surface area contributed by atoms with Gasteiger partial charge in [-0.2, -0.15) is 0 Å². The molecule has 0 saturated heterocycles. The summed E-state index contributed by atoms with van der Waals surface area (Å²) in [6.07, 6.45) is 2.05. The Kier molecular flexibility index (Phi) is 5.69. The summed E-state index contributed by atoms with van der Waals surface area (Å²) in [5.74, 6) is -2.00. The predicted octanol–water partition coefficient (Wildman–Crippen LogP) is 4.80. The normalized spacial score (nSPS) is 10.5. The molecule has 0 spiro atoms. The highest BCUT2D eigenvalue weighted by Gasteiger charge is 2.13. The summed E-state index contributed by atoms with van der Waals surface area (Å²) in [6.45, 7) is 0.828. The molecule has 2 aromatic carbocycles. The van der Waals surface area contributed by atoms with Gasteiger partial charge >= 0.3 is 0 Å². The van der Waals surface area contributed by atoms with Crippen molar-refractivity contribution in [3.8, 4) is 11.5 Å². The lowest BCUT2D eigenvalue weighted by atomic mass is 10.1. The van der Waals surface area contributed by atoms with Crippen molar-refractivity contribution in [3.05, 3.63) is 59.2 Å². The molecule has 0 aromatic heterocycles. The van der Waals surface area contributed by atoms with Crippen LogP contribution in [0.5, 0.6) is 11.5 Å². The van der Waals surface area contributed by atoms with Gasteiger partial charge in [0.25, 0.3) is 0 Å². The summed E-state index contributed by atoms with van der Waals surface area (Å²) in [6, 6.07) is 9.69. The lowest BCUT2D eigenvalue weighted by molar-refractivity contribution is 0.176. The van der Waals surface area contributed by atoms with E-state index in [9.17, 15) is 13.2 Å². The van der Waals surface area contributed by atoms with E-state index in [4.69, 9.17) is 4.74 Å². The van der Waals surface area contributed by atoms with Crippen LogP contribution in [-0.2, 0) is 13.0 Å². The van der Waals surface area contributed by atoms with E-state index >= 15 is 0 Å². The third-order valence-corrected chi connectivity index (χ3v) is 3.12. The first-order valence-corrected chi connectivity index (χ1v) is 7.02. The molecule has 0 aliphatic heterocycles. The number of halogens is 3. The molecule has 0 radical (unpaired) electrons. The van der Waals surface area contributed by atoms with Gasteiger partial charge in [0.15, 0.2) is 17.4 Å². The molecule has 0 amide bonds. The molecular weight excluding hydrogens is 293 g/mol. The quantitative estimate of drug-likeness (QED) is 0.731. The van der Waals surface area contributed by atoms with Gasteiger partial charge in [0.2, 0.25) is 6.86 Å². The van der Waals surface area contributed by atoms with E-state index in [0.717, 1.165) is 25.0 Å². The van der Waals surface area contributed by atoms with Crippen LogP contribution in [0.1, 0.15) is 24.5 Å². The maximum atomic E-state index is 13.6. The molecule has 0 heterocycles. The van der Waals surface area contributed by atoms with Crippen LogP contribution in [-0.4, -0.2) is 6.86 Å².